The summed E-state index contributed by atoms with van der Waals surface area (Å²) in [5, 5.41) is 3.38. The lowest BCUT2D eigenvalue weighted by Gasteiger charge is -2.09. The molecule has 3 rings (SSSR count). The van der Waals surface area contributed by atoms with Crippen LogP contribution < -0.4 is 15.8 Å². The first-order valence-corrected chi connectivity index (χ1v) is 8.40. The number of anilines is 2. The van der Waals surface area contributed by atoms with Crippen LogP contribution in [0.1, 0.15) is 16.7 Å². The fourth-order valence-electron chi connectivity index (χ4n) is 2.65. The first-order valence-electron chi connectivity index (χ1n) is 7.58. The van der Waals surface area contributed by atoms with Crippen LogP contribution in [0, 0.1) is 20.8 Å². The molecule has 24 heavy (non-hydrogen) atoms. The lowest BCUT2D eigenvalue weighted by molar-refractivity contribution is -0.118. The van der Waals surface area contributed by atoms with E-state index >= 15 is 0 Å². The maximum atomic E-state index is 12.1. The zero-order valence-corrected chi connectivity index (χ0v) is 14.7. The number of aryl methyl sites for hydroxylation is 3. The number of thiazole rings is 1. The van der Waals surface area contributed by atoms with Gasteiger partial charge in [0.1, 0.15) is 5.75 Å². The van der Waals surface area contributed by atoms with Crippen molar-refractivity contribution in [3.63, 3.8) is 0 Å². The molecule has 0 aliphatic rings. The number of amides is 1. The topological polar surface area (TPSA) is 77.2 Å². The normalized spacial score (nSPS) is 10.8. The Balaban J connectivity index is 1.68. The van der Waals surface area contributed by atoms with Crippen LogP contribution in [-0.4, -0.2) is 17.5 Å². The largest absolute Gasteiger partial charge is 0.484 e. The quantitative estimate of drug-likeness (QED) is 0.756. The summed E-state index contributed by atoms with van der Waals surface area (Å²) in [4.78, 5) is 16.4. The molecule has 1 amide bonds. The van der Waals surface area contributed by atoms with E-state index in [1.807, 2.05) is 45.0 Å². The van der Waals surface area contributed by atoms with Gasteiger partial charge in [-0.15, -0.1) is 0 Å². The van der Waals surface area contributed by atoms with Crippen LogP contribution in [0.4, 0.5) is 10.8 Å². The molecule has 3 N–H and O–H groups in total. The lowest BCUT2D eigenvalue weighted by atomic mass is 10.1. The minimum Gasteiger partial charge on any atom is -0.484 e. The summed E-state index contributed by atoms with van der Waals surface area (Å²) >= 11 is 1.41. The van der Waals surface area contributed by atoms with E-state index in [0.29, 0.717) is 10.9 Å². The average Bonchev–Trinajstić information content (AvgIpc) is 2.85. The third-order valence-corrected chi connectivity index (χ3v) is 4.38. The summed E-state index contributed by atoms with van der Waals surface area (Å²) in [6.07, 6.45) is 0. The molecule has 0 radical (unpaired) electrons. The van der Waals surface area contributed by atoms with Crippen LogP contribution in [0.3, 0.4) is 0 Å². The van der Waals surface area contributed by atoms with Crippen LogP contribution in [-0.2, 0) is 4.79 Å². The van der Waals surface area contributed by atoms with Gasteiger partial charge in [-0.1, -0.05) is 17.4 Å². The monoisotopic (exact) mass is 341 g/mol. The fraction of sp³-hybridized carbons (Fsp3) is 0.222. The number of rotatable bonds is 4. The number of nitrogens with two attached hydrogens (primary N) is 1. The van der Waals surface area contributed by atoms with E-state index in [1.54, 1.807) is 0 Å². The molecule has 0 fully saturated rings. The third kappa shape index (κ3) is 3.65. The molecule has 6 heteroatoms. The van der Waals surface area contributed by atoms with E-state index in [0.717, 1.165) is 32.6 Å². The molecule has 0 saturated heterocycles. The van der Waals surface area contributed by atoms with Gasteiger partial charge in [-0.3, -0.25) is 4.79 Å². The first kappa shape index (κ1) is 16.3. The Bertz CT molecular complexity index is 898. The third-order valence-electron chi connectivity index (χ3n) is 3.55. The van der Waals surface area contributed by atoms with Crippen LogP contribution >= 0.6 is 11.3 Å². The van der Waals surface area contributed by atoms with Crippen molar-refractivity contribution in [1.82, 2.24) is 4.98 Å². The second-order valence-corrected chi connectivity index (χ2v) is 6.91. The predicted octanol–water partition coefficient (Wildman–Crippen LogP) is 3.82. The van der Waals surface area contributed by atoms with Gasteiger partial charge >= 0.3 is 0 Å². The summed E-state index contributed by atoms with van der Waals surface area (Å²) in [5.74, 6) is 0.495. The number of fused-ring (bicyclic) bond motifs is 1. The molecule has 1 heterocycles. The standard InChI is InChI=1S/C18H19N3O2S/c1-10-4-11(2)6-14(5-10)23-9-16(22)20-13-7-12(3)17-15(8-13)24-18(19)21-17/h4-8H,9H2,1-3H3,(H2,19,21)(H,20,22). The number of hydrogen-bond donors (Lipinski definition) is 2. The van der Waals surface area contributed by atoms with Gasteiger partial charge in [0.2, 0.25) is 0 Å². The molecular weight excluding hydrogens is 322 g/mol. The molecule has 0 atom stereocenters. The second-order valence-electron chi connectivity index (χ2n) is 5.85. The number of nitrogen functional groups attached to an aromatic ring is 1. The smallest absolute Gasteiger partial charge is 0.262 e. The van der Waals surface area contributed by atoms with Crippen LogP contribution in [0.25, 0.3) is 10.2 Å². The molecule has 124 valence electrons. The Hall–Kier alpha value is -2.60. The van der Waals surface area contributed by atoms with Crippen molar-refractivity contribution >= 4 is 38.3 Å². The number of carbonyl (C=O) groups excluding carboxylic acids is 1. The molecule has 0 spiro atoms. The van der Waals surface area contributed by atoms with E-state index in [4.69, 9.17) is 10.5 Å². The van der Waals surface area contributed by atoms with E-state index < -0.39 is 0 Å². The van der Waals surface area contributed by atoms with Crippen molar-refractivity contribution < 1.29 is 9.53 Å². The van der Waals surface area contributed by atoms with E-state index in [9.17, 15) is 4.79 Å². The molecule has 3 aromatic rings. The highest BCUT2D eigenvalue weighted by Gasteiger charge is 2.09. The van der Waals surface area contributed by atoms with Crippen LogP contribution in [0.5, 0.6) is 5.75 Å². The highest BCUT2D eigenvalue weighted by Crippen LogP contribution is 2.29. The highest BCUT2D eigenvalue weighted by molar-refractivity contribution is 7.22. The first-order chi connectivity index (χ1) is 11.4. The number of benzene rings is 2. The van der Waals surface area contributed by atoms with E-state index in [-0.39, 0.29) is 12.5 Å². The Morgan fingerprint density at radius 3 is 2.58 bits per heavy atom. The van der Waals surface area contributed by atoms with Gasteiger partial charge in [-0.2, -0.15) is 0 Å². The number of nitrogens with one attached hydrogen (secondary N) is 1. The van der Waals surface area contributed by atoms with Gasteiger partial charge in [0.25, 0.3) is 5.91 Å². The molecule has 0 aliphatic carbocycles. The van der Waals surface area contributed by atoms with Crippen molar-refractivity contribution in [2.75, 3.05) is 17.7 Å². The van der Waals surface area contributed by atoms with E-state index in [1.165, 1.54) is 11.3 Å². The van der Waals surface area contributed by atoms with Gasteiger partial charge in [-0.25, -0.2) is 4.98 Å². The van der Waals surface area contributed by atoms with Gasteiger partial charge in [0, 0.05) is 5.69 Å². The van der Waals surface area contributed by atoms with Crippen molar-refractivity contribution in [3.05, 3.63) is 47.0 Å². The summed E-state index contributed by atoms with van der Waals surface area (Å²) in [7, 11) is 0. The van der Waals surface area contributed by atoms with Gasteiger partial charge < -0.3 is 15.8 Å². The Labute approximate surface area is 144 Å². The molecule has 1 aromatic heterocycles. The second kappa shape index (κ2) is 6.49. The molecular formula is C18H19N3O2S. The zero-order chi connectivity index (χ0) is 17.3. The van der Waals surface area contributed by atoms with E-state index in [2.05, 4.69) is 16.4 Å². The highest BCUT2D eigenvalue weighted by atomic mass is 32.1. The minimum absolute atomic E-state index is 0.0369. The van der Waals surface area contributed by atoms with Crippen LogP contribution in [0.15, 0.2) is 30.3 Å². The van der Waals surface area contributed by atoms with Crippen molar-refractivity contribution in [3.8, 4) is 5.75 Å². The molecule has 0 saturated carbocycles. The Kier molecular flexibility index (Phi) is 4.40. The van der Waals surface area contributed by atoms with Crippen molar-refractivity contribution in [2.45, 2.75) is 20.8 Å². The molecule has 2 aromatic carbocycles. The summed E-state index contributed by atoms with van der Waals surface area (Å²) in [5.41, 5.74) is 10.5. The maximum Gasteiger partial charge on any atom is 0.262 e. The number of carbonyl (C=O) groups is 1. The number of hydrogen-bond acceptors (Lipinski definition) is 5. The van der Waals surface area contributed by atoms with Gasteiger partial charge in [0.05, 0.1) is 10.2 Å². The molecule has 0 aliphatic heterocycles. The summed E-state index contributed by atoms with van der Waals surface area (Å²) in [6, 6.07) is 9.65. The summed E-state index contributed by atoms with van der Waals surface area (Å²) in [6.45, 7) is 5.91. The predicted molar refractivity (Wildman–Crippen MR) is 98.8 cm³/mol. The number of nitrogens with zero attached hydrogens (tertiary/aromatic N) is 1. The number of aromatic nitrogens is 1. The van der Waals surface area contributed by atoms with Gasteiger partial charge in [-0.05, 0) is 61.7 Å². The fourth-order valence-corrected chi connectivity index (χ4v) is 3.50. The Morgan fingerprint density at radius 2 is 1.88 bits per heavy atom. The van der Waals surface area contributed by atoms with Crippen molar-refractivity contribution in [1.29, 1.82) is 0 Å². The zero-order valence-electron chi connectivity index (χ0n) is 13.8. The van der Waals surface area contributed by atoms with Gasteiger partial charge in [0.15, 0.2) is 11.7 Å². The molecule has 0 unspecified atom stereocenters. The minimum atomic E-state index is -0.203. The SMILES string of the molecule is Cc1cc(C)cc(OCC(=O)Nc2cc(C)c3nc(N)sc3c2)c1. The molecule has 0 bridgehead atoms. The molecule has 5 nitrogen and oxygen atoms in total. The van der Waals surface area contributed by atoms with Crippen LogP contribution in [0.2, 0.25) is 0 Å². The summed E-state index contributed by atoms with van der Waals surface area (Å²) < 4.78 is 6.54. The maximum absolute atomic E-state index is 12.1. The lowest BCUT2D eigenvalue weighted by Crippen LogP contribution is -2.20. The van der Waals surface area contributed by atoms with Crippen molar-refractivity contribution in [2.24, 2.45) is 0 Å². The Morgan fingerprint density at radius 1 is 1.17 bits per heavy atom. The average molecular weight is 341 g/mol. The number of ether oxygens (including phenoxy) is 1.